The highest BCUT2D eigenvalue weighted by atomic mass is 32.1. The Kier molecular flexibility index (Phi) is 3.80. The Morgan fingerprint density at radius 2 is 2.17 bits per heavy atom. The molecule has 1 aliphatic rings. The predicted molar refractivity (Wildman–Crippen MR) is 78.1 cm³/mol. The molecule has 0 saturated carbocycles. The normalized spacial score (nSPS) is 19.3. The van der Waals surface area contributed by atoms with Crippen molar-refractivity contribution >= 4 is 23.0 Å². The van der Waals surface area contributed by atoms with E-state index in [0.717, 1.165) is 35.6 Å². The van der Waals surface area contributed by atoms with Crippen molar-refractivity contribution in [3.05, 3.63) is 16.8 Å². The van der Waals surface area contributed by atoms with Crippen LogP contribution in [0.25, 0.3) is 0 Å². The molecule has 0 bridgehead atoms. The van der Waals surface area contributed by atoms with Crippen LogP contribution in [0.4, 0.5) is 5.82 Å². The molecule has 0 amide bonds. The Hall–Kier alpha value is -1.23. The molecule has 1 aromatic rings. The molecule has 5 heteroatoms. The number of nitrogens with two attached hydrogens (primary N) is 1. The topological polar surface area (TPSA) is 55.0 Å². The van der Waals surface area contributed by atoms with Crippen LogP contribution >= 0.6 is 12.2 Å². The lowest BCUT2D eigenvalue weighted by molar-refractivity contribution is 0.636. The molecular formula is C13H20N4S. The van der Waals surface area contributed by atoms with Gasteiger partial charge in [-0.25, -0.2) is 0 Å². The molecule has 1 fully saturated rings. The number of thiocarbonyl (C=S) groups is 1. The summed E-state index contributed by atoms with van der Waals surface area (Å²) in [7, 11) is 0. The SMILES string of the molecule is CCC1CCCN1c1nnc(C)c(C)c1C(N)=S. The lowest BCUT2D eigenvalue weighted by Gasteiger charge is -2.27. The third-order valence-electron chi connectivity index (χ3n) is 3.80. The number of rotatable bonds is 3. The summed E-state index contributed by atoms with van der Waals surface area (Å²) in [5.74, 6) is 0.870. The van der Waals surface area contributed by atoms with Crippen LogP contribution in [0.5, 0.6) is 0 Å². The fraction of sp³-hybridized carbons (Fsp3) is 0.615. The quantitative estimate of drug-likeness (QED) is 0.847. The van der Waals surface area contributed by atoms with Gasteiger partial charge in [-0.15, -0.1) is 5.10 Å². The van der Waals surface area contributed by atoms with Gasteiger partial charge in [0.1, 0.15) is 4.99 Å². The fourth-order valence-corrected chi connectivity index (χ4v) is 2.88. The van der Waals surface area contributed by atoms with E-state index in [1.807, 2.05) is 13.8 Å². The molecule has 0 aromatic carbocycles. The fourth-order valence-electron chi connectivity index (χ4n) is 2.63. The van der Waals surface area contributed by atoms with E-state index in [1.54, 1.807) is 0 Å². The van der Waals surface area contributed by atoms with Crippen LogP contribution in [-0.4, -0.2) is 27.8 Å². The molecule has 0 spiro atoms. The number of aryl methyl sites for hydroxylation is 1. The van der Waals surface area contributed by atoms with Gasteiger partial charge < -0.3 is 10.6 Å². The highest BCUT2D eigenvalue weighted by Crippen LogP contribution is 2.30. The van der Waals surface area contributed by atoms with Gasteiger partial charge in [-0.3, -0.25) is 0 Å². The molecule has 1 unspecified atom stereocenters. The molecule has 4 nitrogen and oxygen atoms in total. The Morgan fingerprint density at radius 3 is 2.78 bits per heavy atom. The molecule has 2 N–H and O–H groups in total. The second kappa shape index (κ2) is 5.18. The highest BCUT2D eigenvalue weighted by Gasteiger charge is 2.28. The summed E-state index contributed by atoms with van der Waals surface area (Å²) in [5.41, 5.74) is 8.72. The Labute approximate surface area is 114 Å². The maximum atomic E-state index is 5.88. The van der Waals surface area contributed by atoms with Gasteiger partial charge in [-0.05, 0) is 38.7 Å². The summed E-state index contributed by atoms with van der Waals surface area (Å²) in [4.78, 5) is 2.73. The summed E-state index contributed by atoms with van der Waals surface area (Å²) in [6.07, 6.45) is 3.52. The Bertz CT molecular complexity index is 472. The third kappa shape index (κ3) is 2.19. The molecule has 1 aliphatic heterocycles. The van der Waals surface area contributed by atoms with E-state index < -0.39 is 0 Å². The Morgan fingerprint density at radius 1 is 1.44 bits per heavy atom. The minimum atomic E-state index is 0.419. The minimum Gasteiger partial charge on any atom is -0.389 e. The molecule has 2 heterocycles. The standard InChI is InChI=1S/C13H20N4S/c1-4-10-6-5-7-17(10)13-11(12(14)18)8(2)9(3)15-16-13/h10H,4-7H2,1-3H3,(H2,14,18). The van der Waals surface area contributed by atoms with Gasteiger partial charge in [0.05, 0.1) is 11.3 Å². The van der Waals surface area contributed by atoms with E-state index in [1.165, 1.54) is 12.8 Å². The van der Waals surface area contributed by atoms with E-state index in [2.05, 4.69) is 22.0 Å². The second-order valence-electron chi connectivity index (χ2n) is 4.87. The first-order valence-electron chi connectivity index (χ1n) is 6.46. The molecule has 18 heavy (non-hydrogen) atoms. The zero-order chi connectivity index (χ0) is 13.3. The van der Waals surface area contributed by atoms with Gasteiger partial charge in [0.2, 0.25) is 0 Å². The van der Waals surface area contributed by atoms with Crippen LogP contribution in [0.2, 0.25) is 0 Å². The van der Waals surface area contributed by atoms with Gasteiger partial charge in [0.15, 0.2) is 5.82 Å². The van der Waals surface area contributed by atoms with Crippen LogP contribution in [-0.2, 0) is 0 Å². The first-order valence-corrected chi connectivity index (χ1v) is 6.87. The minimum absolute atomic E-state index is 0.419. The van der Waals surface area contributed by atoms with Crippen LogP contribution < -0.4 is 10.6 Å². The molecule has 98 valence electrons. The molecule has 0 aliphatic carbocycles. The zero-order valence-corrected chi connectivity index (χ0v) is 12.0. The maximum Gasteiger partial charge on any atom is 0.162 e. The molecule has 0 radical (unpaired) electrons. The number of aromatic nitrogens is 2. The number of hydrogen-bond donors (Lipinski definition) is 1. The maximum absolute atomic E-state index is 5.88. The Balaban J connectivity index is 2.50. The van der Waals surface area contributed by atoms with Gasteiger partial charge in [-0.2, -0.15) is 5.10 Å². The first-order chi connectivity index (χ1) is 8.56. The number of anilines is 1. The van der Waals surface area contributed by atoms with Gasteiger partial charge >= 0.3 is 0 Å². The molecule has 1 atom stereocenters. The van der Waals surface area contributed by atoms with Crippen LogP contribution in [0, 0.1) is 13.8 Å². The zero-order valence-electron chi connectivity index (χ0n) is 11.2. The van der Waals surface area contributed by atoms with E-state index in [-0.39, 0.29) is 0 Å². The van der Waals surface area contributed by atoms with Crippen molar-refractivity contribution in [2.24, 2.45) is 5.73 Å². The molecule has 1 saturated heterocycles. The number of hydrogen-bond acceptors (Lipinski definition) is 4. The summed E-state index contributed by atoms with van der Waals surface area (Å²) in [6, 6.07) is 0.537. The van der Waals surface area contributed by atoms with E-state index >= 15 is 0 Å². The lowest BCUT2D eigenvalue weighted by Crippen LogP contribution is -2.32. The van der Waals surface area contributed by atoms with Crippen molar-refractivity contribution in [1.29, 1.82) is 0 Å². The predicted octanol–water partition coefficient (Wildman–Crippen LogP) is 2.11. The summed E-state index contributed by atoms with van der Waals surface area (Å²) < 4.78 is 0. The first kappa shape index (κ1) is 13.2. The van der Waals surface area contributed by atoms with Crippen molar-refractivity contribution in [2.75, 3.05) is 11.4 Å². The second-order valence-corrected chi connectivity index (χ2v) is 5.31. The van der Waals surface area contributed by atoms with E-state index in [0.29, 0.717) is 11.0 Å². The van der Waals surface area contributed by atoms with Crippen molar-refractivity contribution < 1.29 is 0 Å². The summed E-state index contributed by atoms with van der Waals surface area (Å²) >= 11 is 5.19. The third-order valence-corrected chi connectivity index (χ3v) is 4.01. The van der Waals surface area contributed by atoms with Crippen molar-refractivity contribution in [3.63, 3.8) is 0 Å². The lowest BCUT2D eigenvalue weighted by atomic mass is 10.1. The monoisotopic (exact) mass is 264 g/mol. The van der Waals surface area contributed by atoms with Gasteiger partial charge in [0.25, 0.3) is 0 Å². The van der Waals surface area contributed by atoms with Crippen molar-refractivity contribution in [1.82, 2.24) is 10.2 Å². The summed E-state index contributed by atoms with van der Waals surface area (Å²) in [6.45, 7) is 7.18. The molecule has 2 rings (SSSR count). The highest BCUT2D eigenvalue weighted by molar-refractivity contribution is 7.80. The van der Waals surface area contributed by atoms with Crippen molar-refractivity contribution in [3.8, 4) is 0 Å². The average Bonchev–Trinajstić information content (AvgIpc) is 2.79. The molecular weight excluding hydrogens is 244 g/mol. The van der Waals surface area contributed by atoms with Gasteiger partial charge in [-0.1, -0.05) is 19.1 Å². The van der Waals surface area contributed by atoms with E-state index in [4.69, 9.17) is 18.0 Å². The molecule has 1 aromatic heterocycles. The van der Waals surface area contributed by atoms with E-state index in [9.17, 15) is 0 Å². The van der Waals surface area contributed by atoms with Crippen molar-refractivity contribution in [2.45, 2.75) is 46.1 Å². The summed E-state index contributed by atoms with van der Waals surface area (Å²) in [5, 5.41) is 8.58. The van der Waals surface area contributed by atoms with Crippen LogP contribution in [0.15, 0.2) is 0 Å². The largest absolute Gasteiger partial charge is 0.389 e. The smallest absolute Gasteiger partial charge is 0.162 e. The number of nitrogens with zero attached hydrogens (tertiary/aromatic N) is 3. The average molecular weight is 264 g/mol. The van der Waals surface area contributed by atoms with Gasteiger partial charge in [0, 0.05) is 12.6 Å². The van der Waals surface area contributed by atoms with Crippen LogP contribution in [0.1, 0.15) is 43.0 Å². The van der Waals surface area contributed by atoms with Crippen LogP contribution in [0.3, 0.4) is 0 Å².